The van der Waals surface area contributed by atoms with Crippen molar-refractivity contribution < 1.29 is 36.6 Å². The fourth-order valence-electron chi connectivity index (χ4n) is 1.61. The second-order valence-corrected chi connectivity index (χ2v) is 6.54. The number of aliphatic carboxylic acids is 1. The van der Waals surface area contributed by atoms with Crippen LogP contribution in [0.1, 0.15) is 19.4 Å². The Kier molecular flexibility index (Phi) is 5.08. The van der Waals surface area contributed by atoms with E-state index in [0.29, 0.717) is 12.1 Å². The van der Waals surface area contributed by atoms with Crippen molar-refractivity contribution in [1.82, 2.24) is 4.72 Å². The first-order chi connectivity index (χ1) is 9.86. The first kappa shape index (κ1) is 18.2. The molecule has 0 unspecified atom stereocenters. The molecule has 22 heavy (non-hydrogen) atoms. The standard InChI is InChI=1S/C12H14F3NO5S/c1-6(2)10(11(18)19)16-22(20,21)9-5-7(12(13,14)15)3-4-8(9)17/h3-6,10,16-17H,1-2H3,(H,18,19)/t10-/m0/s1. The van der Waals surface area contributed by atoms with E-state index in [9.17, 15) is 31.5 Å². The number of phenols is 1. The van der Waals surface area contributed by atoms with Gasteiger partial charge in [0.1, 0.15) is 16.7 Å². The highest BCUT2D eigenvalue weighted by Crippen LogP contribution is 2.34. The van der Waals surface area contributed by atoms with E-state index in [1.54, 1.807) is 4.72 Å². The van der Waals surface area contributed by atoms with Crippen LogP contribution in [0, 0.1) is 5.92 Å². The minimum atomic E-state index is -4.80. The molecule has 0 fully saturated rings. The van der Waals surface area contributed by atoms with E-state index in [2.05, 4.69) is 0 Å². The third-order valence-corrected chi connectivity index (χ3v) is 4.26. The van der Waals surface area contributed by atoms with Crippen LogP contribution in [0.5, 0.6) is 5.75 Å². The zero-order chi connectivity index (χ0) is 17.3. The summed E-state index contributed by atoms with van der Waals surface area (Å²) in [5.74, 6) is -3.04. The maximum absolute atomic E-state index is 12.6. The number of carboxylic acids is 1. The number of aromatic hydroxyl groups is 1. The Hall–Kier alpha value is -1.81. The Bertz CT molecular complexity index is 670. The summed E-state index contributed by atoms with van der Waals surface area (Å²) in [5.41, 5.74) is -1.28. The molecule has 0 amide bonds. The average Bonchev–Trinajstić information content (AvgIpc) is 2.34. The van der Waals surface area contributed by atoms with Gasteiger partial charge in [0.25, 0.3) is 0 Å². The van der Waals surface area contributed by atoms with Gasteiger partial charge in [0.2, 0.25) is 10.0 Å². The zero-order valence-corrected chi connectivity index (χ0v) is 12.4. The summed E-state index contributed by atoms with van der Waals surface area (Å²) in [6.45, 7) is 2.85. The number of benzene rings is 1. The van der Waals surface area contributed by atoms with Gasteiger partial charge < -0.3 is 10.2 Å². The number of alkyl halides is 3. The van der Waals surface area contributed by atoms with Crippen LogP contribution >= 0.6 is 0 Å². The Morgan fingerprint density at radius 3 is 2.23 bits per heavy atom. The van der Waals surface area contributed by atoms with Gasteiger partial charge in [0, 0.05) is 0 Å². The zero-order valence-electron chi connectivity index (χ0n) is 11.5. The quantitative estimate of drug-likeness (QED) is 0.758. The summed E-state index contributed by atoms with van der Waals surface area (Å²) in [4.78, 5) is 9.96. The van der Waals surface area contributed by atoms with Crippen LogP contribution in [0.25, 0.3) is 0 Å². The SMILES string of the molecule is CC(C)[C@H](NS(=O)(=O)c1cc(C(F)(F)F)ccc1O)C(=O)O. The van der Waals surface area contributed by atoms with Crippen LogP contribution in [0.3, 0.4) is 0 Å². The van der Waals surface area contributed by atoms with Gasteiger partial charge >= 0.3 is 12.1 Å². The van der Waals surface area contributed by atoms with E-state index in [0.717, 1.165) is 0 Å². The number of sulfonamides is 1. The molecule has 3 N–H and O–H groups in total. The molecule has 1 aromatic rings. The van der Waals surface area contributed by atoms with E-state index in [1.807, 2.05) is 0 Å². The highest BCUT2D eigenvalue weighted by Gasteiger charge is 2.34. The lowest BCUT2D eigenvalue weighted by Crippen LogP contribution is -2.44. The molecule has 124 valence electrons. The van der Waals surface area contributed by atoms with Crippen molar-refractivity contribution in [3.63, 3.8) is 0 Å². The Balaban J connectivity index is 3.31. The molecule has 0 aliphatic carbocycles. The smallest absolute Gasteiger partial charge is 0.416 e. The molecule has 0 radical (unpaired) electrons. The fourth-order valence-corrected chi connectivity index (χ4v) is 3.07. The first-order valence-electron chi connectivity index (χ1n) is 6.01. The van der Waals surface area contributed by atoms with Gasteiger partial charge in [0.15, 0.2) is 0 Å². The number of rotatable bonds is 5. The van der Waals surface area contributed by atoms with Crippen LogP contribution in [0.2, 0.25) is 0 Å². The molecule has 0 bridgehead atoms. The van der Waals surface area contributed by atoms with Crippen LogP contribution in [-0.2, 0) is 21.0 Å². The molecule has 1 atom stereocenters. The molecule has 10 heteroatoms. The molecule has 0 aliphatic heterocycles. The third kappa shape index (κ3) is 4.10. The number of carboxylic acid groups (broad SMARTS) is 1. The molecule has 0 heterocycles. The number of carbonyl (C=O) groups is 1. The maximum Gasteiger partial charge on any atom is 0.416 e. The van der Waals surface area contributed by atoms with Crippen molar-refractivity contribution in [3.8, 4) is 5.75 Å². The molecule has 1 rings (SSSR count). The van der Waals surface area contributed by atoms with Crippen molar-refractivity contribution in [2.45, 2.75) is 31.0 Å². The van der Waals surface area contributed by atoms with Crippen molar-refractivity contribution in [2.75, 3.05) is 0 Å². The summed E-state index contributed by atoms with van der Waals surface area (Å²) in [5, 5.41) is 18.4. The van der Waals surface area contributed by atoms with Gasteiger partial charge in [-0.2, -0.15) is 17.9 Å². The minimum Gasteiger partial charge on any atom is -0.507 e. The Morgan fingerprint density at radius 1 is 1.27 bits per heavy atom. The van der Waals surface area contributed by atoms with E-state index in [-0.39, 0.29) is 6.07 Å². The van der Waals surface area contributed by atoms with Crippen molar-refractivity contribution in [1.29, 1.82) is 0 Å². The van der Waals surface area contributed by atoms with Gasteiger partial charge in [-0.25, -0.2) is 8.42 Å². The molecule has 0 aliphatic rings. The number of phenolic OH excluding ortho intramolecular Hbond substituents is 1. The third-order valence-electron chi connectivity index (χ3n) is 2.79. The first-order valence-corrected chi connectivity index (χ1v) is 7.50. The van der Waals surface area contributed by atoms with Crippen LogP contribution < -0.4 is 4.72 Å². The van der Waals surface area contributed by atoms with Crippen molar-refractivity contribution in [3.05, 3.63) is 23.8 Å². The number of hydrogen-bond acceptors (Lipinski definition) is 4. The van der Waals surface area contributed by atoms with E-state index < -0.39 is 50.3 Å². The second-order valence-electron chi connectivity index (χ2n) is 4.86. The molecule has 0 spiro atoms. The predicted octanol–water partition coefficient (Wildman–Crippen LogP) is 1.80. The monoisotopic (exact) mass is 341 g/mol. The lowest BCUT2D eigenvalue weighted by molar-refractivity contribution is -0.140. The molecule has 0 aromatic heterocycles. The second kappa shape index (κ2) is 6.13. The van der Waals surface area contributed by atoms with Gasteiger partial charge in [-0.05, 0) is 24.1 Å². The van der Waals surface area contributed by atoms with Crippen LogP contribution in [0.15, 0.2) is 23.1 Å². The van der Waals surface area contributed by atoms with Gasteiger partial charge in [-0.1, -0.05) is 13.8 Å². The summed E-state index contributed by atoms with van der Waals surface area (Å²) in [7, 11) is -4.64. The normalized spacial score (nSPS) is 14.1. The average molecular weight is 341 g/mol. The van der Waals surface area contributed by atoms with Crippen molar-refractivity contribution >= 4 is 16.0 Å². The molecular formula is C12H14F3NO5S. The van der Waals surface area contributed by atoms with Crippen molar-refractivity contribution in [2.24, 2.45) is 5.92 Å². The molecule has 0 saturated carbocycles. The fraction of sp³-hybridized carbons (Fsp3) is 0.417. The summed E-state index contributed by atoms with van der Waals surface area (Å²) in [6.07, 6.45) is -4.80. The molecule has 6 nitrogen and oxygen atoms in total. The Labute approximate surface area is 124 Å². The lowest BCUT2D eigenvalue weighted by Gasteiger charge is -2.19. The molecular weight excluding hydrogens is 327 g/mol. The highest BCUT2D eigenvalue weighted by atomic mass is 32.2. The maximum atomic E-state index is 12.6. The van der Waals surface area contributed by atoms with Crippen LogP contribution in [-0.4, -0.2) is 30.6 Å². The summed E-state index contributed by atoms with van der Waals surface area (Å²) < 4.78 is 63.7. The van der Waals surface area contributed by atoms with Gasteiger partial charge in [-0.3, -0.25) is 4.79 Å². The topological polar surface area (TPSA) is 104 Å². The number of nitrogens with one attached hydrogen (secondary N) is 1. The lowest BCUT2D eigenvalue weighted by atomic mass is 10.1. The summed E-state index contributed by atoms with van der Waals surface area (Å²) in [6, 6.07) is -0.191. The number of halogens is 3. The number of hydrogen-bond donors (Lipinski definition) is 3. The van der Waals surface area contributed by atoms with Gasteiger partial charge in [-0.15, -0.1) is 0 Å². The summed E-state index contributed by atoms with van der Waals surface area (Å²) >= 11 is 0. The van der Waals surface area contributed by atoms with Crippen LogP contribution in [0.4, 0.5) is 13.2 Å². The largest absolute Gasteiger partial charge is 0.507 e. The Morgan fingerprint density at radius 2 is 1.82 bits per heavy atom. The molecule has 1 aromatic carbocycles. The minimum absolute atomic E-state index is 0.247. The van der Waals surface area contributed by atoms with E-state index >= 15 is 0 Å². The van der Waals surface area contributed by atoms with E-state index in [4.69, 9.17) is 5.11 Å². The van der Waals surface area contributed by atoms with Gasteiger partial charge in [0.05, 0.1) is 5.56 Å². The predicted molar refractivity (Wildman–Crippen MR) is 69.7 cm³/mol. The highest BCUT2D eigenvalue weighted by molar-refractivity contribution is 7.89. The molecule has 0 saturated heterocycles. The van der Waals surface area contributed by atoms with E-state index in [1.165, 1.54) is 13.8 Å².